The Balaban J connectivity index is 2.05. The van der Waals surface area contributed by atoms with Crippen molar-refractivity contribution in [1.29, 1.82) is 0 Å². The molecule has 0 bridgehead atoms. The number of thiazole rings is 1. The van der Waals surface area contributed by atoms with Gasteiger partial charge in [-0.3, -0.25) is 4.79 Å². The van der Waals surface area contributed by atoms with Gasteiger partial charge in [-0.2, -0.15) is 0 Å². The van der Waals surface area contributed by atoms with Gasteiger partial charge in [0.05, 0.1) is 10.7 Å². The average Bonchev–Trinajstić information content (AvgIpc) is 2.52. The van der Waals surface area contributed by atoms with Gasteiger partial charge in [0, 0.05) is 23.6 Å². The van der Waals surface area contributed by atoms with E-state index < -0.39 is 0 Å². The summed E-state index contributed by atoms with van der Waals surface area (Å²) in [7, 11) is 0. The third-order valence-electron chi connectivity index (χ3n) is 3.52. The van der Waals surface area contributed by atoms with E-state index in [0.717, 1.165) is 36.4 Å². The molecule has 1 fully saturated rings. The minimum atomic E-state index is 0.230. The van der Waals surface area contributed by atoms with Crippen LogP contribution >= 0.6 is 11.3 Å². The highest BCUT2D eigenvalue weighted by atomic mass is 32.1. The summed E-state index contributed by atoms with van der Waals surface area (Å²) in [6.45, 7) is 6.39. The van der Waals surface area contributed by atoms with Crippen LogP contribution in [0, 0.1) is 25.7 Å². The van der Waals surface area contributed by atoms with Gasteiger partial charge in [0.1, 0.15) is 5.78 Å². The molecule has 0 aliphatic heterocycles. The molecule has 0 radical (unpaired) electrons. The molecule has 1 aliphatic carbocycles. The van der Waals surface area contributed by atoms with Crippen molar-refractivity contribution < 1.29 is 4.79 Å². The molecule has 2 atom stereocenters. The van der Waals surface area contributed by atoms with Crippen LogP contribution in [0.3, 0.4) is 0 Å². The van der Waals surface area contributed by atoms with Gasteiger partial charge in [-0.1, -0.05) is 6.92 Å². The minimum absolute atomic E-state index is 0.230. The molecule has 1 aromatic rings. The first-order chi connectivity index (χ1) is 7.56. The van der Waals surface area contributed by atoms with Crippen LogP contribution in [0.25, 0.3) is 0 Å². The topological polar surface area (TPSA) is 30.0 Å². The number of hydrogen-bond donors (Lipinski definition) is 0. The van der Waals surface area contributed by atoms with Crippen molar-refractivity contribution in [2.45, 2.75) is 46.5 Å². The molecule has 0 spiro atoms. The van der Waals surface area contributed by atoms with Gasteiger partial charge in [0.2, 0.25) is 0 Å². The van der Waals surface area contributed by atoms with Crippen LogP contribution in [0.15, 0.2) is 0 Å². The molecule has 1 aromatic heterocycles. The summed E-state index contributed by atoms with van der Waals surface area (Å²) in [6.07, 6.45) is 3.76. The Hall–Kier alpha value is -0.700. The molecule has 16 heavy (non-hydrogen) atoms. The van der Waals surface area contributed by atoms with Crippen molar-refractivity contribution in [3.8, 4) is 0 Å². The molecular weight excluding hydrogens is 218 g/mol. The molecule has 3 heteroatoms. The molecule has 0 saturated heterocycles. The van der Waals surface area contributed by atoms with E-state index in [9.17, 15) is 4.79 Å². The lowest BCUT2D eigenvalue weighted by Crippen LogP contribution is -2.25. The Morgan fingerprint density at radius 3 is 2.81 bits per heavy atom. The highest BCUT2D eigenvalue weighted by molar-refractivity contribution is 7.11. The van der Waals surface area contributed by atoms with E-state index in [1.165, 1.54) is 4.88 Å². The van der Waals surface area contributed by atoms with Crippen LogP contribution in [0.2, 0.25) is 0 Å². The summed E-state index contributed by atoms with van der Waals surface area (Å²) < 4.78 is 0. The molecular formula is C13H19NOS. The molecule has 0 N–H and O–H groups in total. The quantitative estimate of drug-likeness (QED) is 0.790. The zero-order chi connectivity index (χ0) is 11.7. The Morgan fingerprint density at radius 1 is 1.44 bits per heavy atom. The third kappa shape index (κ3) is 2.51. The Labute approximate surface area is 101 Å². The van der Waals surface area contributed by atoms with Crippen LogP contribution < -0.4 is 0 Å². The second kappa shape index (κ2) is 4.66. The maximum atomic E-state index is 11.8. The van der Waals surface area contributed by atoms with Gasteiger partial charge in [-0.25, -0.2) is 4.98 Å². The van der Waals surface area contributed by atoms with E-state index in [1.807, 2.05) is 6.92 Å². The normalized spacial score (nSPS) is 26.1. The van der Waals surface area contributed by atoms with E-state index in [2.05, 4.69) is 18.8 Å². The van der Waals surface area contributed by atoms with Crippen LogP contribution in [-0.4, -0.2) is 10.8 Å². The van der Waals surface area contributed by atoms with Crippen molar-refractivity contribution in [2.75, 3.05) is 0 Å². The number of Topliss-reactive ketones (excluding diaryl/α,β-unsaturated/α-hetero) is 1. The van der Waals surface area contributed by atoms with Crippen LogP contribution in [0.4, 0.5) is 0 Å². The van der Waals surface area contributed by atoms with Gasteiger partial charge in [0.15, 0.2) is 0 Å². The summed E-state index contributed by atoms with van der Waals surface area (Å²) in [5.41, 5.74) is 1.12. The smallest absolute Gasteiger partial charge is 0.136 e. The highest BCUT2D eigenvalue weighted by Crippen LogP contribution is 2.30. The molecule has 2 rings (SSSR count). The van der Waals surface area contributed by atoms with E-state index in [0.29, 0.717) is 11.7 Å². The minimum Gasteiger partial charge on any atom is -0.299 e. The fourth-order valence-electron chi connectivity index (χ4n) is 2.36. The molecule has 1 heterocycles. The Morgan fingerprint density at radius 2 is 2.19 bits per heavy atom. The maximum Gasteiger partial charge on any atom is 0.136 e. The third-order valence-corrected chi connectivity index (χ3v) is 4.61. The maximum absolute atomic E-state index is 11.8. The SMILES string of the molecule is Cc1nc(CC2CC(C)CCC2=O)sc1C. The first kappa shape index (κ1) is 11.8. The summed E-state index contributed by atoms with van der Waals surface area (Å²) in [5, 5.41) is 1.14. The largest absolute Gasteiger partial charge is 0.299 e. The van der Waals surface area contributed by atoms with E-state index in [-0.39, 0.29) is 5.92 Å². The Kier molecular flexibility index (Phi) is 3.43. The van der Waals surface area contributed by atoms with Crippen LogP contribution in [-0.2, 0) is 11.2 Å². The van der Waals surface area contributed by atoms with Crippen LogP contribution in [0.5, 0.6) is 0 Å². The zero-order valence-electron chi connectivity index (χ0n) is 10.2. The van der Waals surface area contributed by atoms with Crippen molar-refractivity contribution in [1.82, 2.24) is 4.98 Å². The second-order valence-electron chi connectivity index (χ2n) is 5.00. The number of carbonyl (C=O) groups is 1. The summed E-state index contributed by atoms with van der Waals surface area (Å²) in [6, 6.07) is 0. The molecule has 1 aliphatic rings. The molecule has 2 nitrogen and oxygen atoms in total. The van der Waals surface area contributed by atoms with Gasteiger partial charge in [-0.05, 0) is 32.6 Å². The zero-order valence-corrected chi connectivity index (χ0v) is 11.1. The summed E-state index contributed by atoms with van der Waals surface area (Å²) in [4.78, 5) is 17.6. The number of aromatic nitrogens is 1. The molecule has 2 unspecified atom stereocenters. The second-order valence-corrected chi connectivity index (χ2v) is 6.28. The number of rotatable bonds is 2. The molecule has 0 aromatic carbocycles. The standard InChI is InChI=1S/C13H19NOS/c1-8-4-5-12(15)11(6-8)7-13-14-9(2)10(3)16-13/h8,11H,4-7H2,1-3H3. The van der Waals surface area contributed by atoms with Gasteiger partial charge in [-0.15, -0.1) is 11.3 Å². The summed E-state index contributed by atoms with van der Waals surface area (Å²) >= 11 is 1.75. The predicted octanol–water partition coefficient (Wildman–Crippen LogP) is 3.31. The lowest BCUT2D eigenvalue weighted by molar-refractivity contribution is -0.125. The fraction of sp³-hybridized carbons (Fsp3) is 0.692. The van der Waals surface area contributed by atoms with E-state index in [4.69, 9.17) is 0 Å². The van der Waals surface area contributed by atoms with Gasteiger partial charge in [0.25, 0.3) is 0 Å². The number of ketones is 1. The Bertz CT molecular complexity index is 377. The van der Waals surface area contributed by atoms with Gasteiger partial charge >= 0.3 is 0 Å². The van der Waals surface area contributed by atoms with Crippen molar-refractivity contribution in [3.05, 3.63) is 15.6 Å². The molecule has 88 valence electrons. The van der Waals surface area contributed by atoms with E-state index in [1.54, 1.807) is 11.3 Å². The molecule has 1 saturated carbocycles. The van der Waals surface area contributed by atoms with E-state index >= 15 is 0 Å². The molecule has 0 amide bonds. The number of hydrogen-bond acceptors (Lipinski definition) is 3. The van der Waals surface area contributed by atoms with Crippen molar-refractivity contribution >= 4 is 17.1 Å². The predicted molar refractivity (Wildman–Crippen MR) is 66.8 cm³/mol. The average molecular weight is 237 g/mol. The monoisotopic (exact) mass is 237 g/mol. The fourth-order valence-corrected chi connectivity index (χ4v) is 3.38. The summed E-state index contributed by atoms with van der Waals surface area (Å²) in [5.74, 6) is 1.38. The number of nitrogens with zero attached hydrogens (tertiary/aromatic N) is 1. The first-order valence-electron chi connectivity index (χ1n) is 6.02. The highest BCUT2D eigenvalue weighted by Gasteiger charge is 2.27. The van der Waals surface area contributed by atoms with Gasteiger partial charge < -0.3 is 0 Å². The van der Waals surface area contributed by atoms with Crippen molar-refractivity contribution in [2.24, 2.45) is 11.8 Å². The van der Waals surface area contributed by atoms with Crippen LogP contribution in [0.1, 0.15) is 41.8 Å². The first-order valence-corrected chi connectivity index (χ1v) is 6.83. The number of carbonyl (C=O) groups excluding carboxylic acids is 1. The number of aryl methyl sites for hydroxylation is 2. The lowest BCUT2D eigenvalue weighted by atomic mass is 9.80. The van der Waals surface area contributed by atoms with Crippen molar-refractivity contribution in [3.63, 3.8) is 0 Å². The lowest BCUT2D eigenvalue weighted by Gasteiger charge is -2.24.